The van der Waals surface area contributed by atoms with Gasteiger partial charge in [0, 0.05) is 36.1 Å². The Labute approximate surface area is 320 Å². The van der Waals surface area contributed by atoms with Crippen LogP contribution < -0.4 is 11.3 Å². The minimum atomic E-state index is -4.79. The quantitative estimate of drug-likeness (QED) is 0.176. The van der Waals surface area contributed by atoms with Crippen LogP contribution in [-0.2, 0) is 12.7 Å². The standard InChI is InChI=1S/C40H31ClF3N9O3/c1-20(31-16-23-7-6-10-28(41)33(23)39(56)53(31)25-8-4-3-5-9-25)35-34(36(45)54)37-46-29(13-14-51(37)48-35)30-19-52(49-47-30)26-15-24-18-50(21(2)22-11-12-22)38(55)32(24)27(17-26)40(42,43)44/h3-10,13-17,19-22H,11-12,18H2,1-2H3,(H2,45,54)/t20-,21-/m0/s1. The van der Waals surface area contributed by atoms with E-state index in [1.807, 2.05) is 19.1 Å². The fourth-order valence-electron chi connectivity index (χ4n) is 7.76. The number of aromatic nitrogens is 7. The molecule has 5 heterocycles. The molecule has 1 fully saturated rings. The lowest BCUT2D eigenvalue weighted by Gasteiger charge is -2.24. The van der Waals surface area contributed by atoms with Crippen LogP contribution in [0, 0.1) is 5.92 Å². The number of para-hydroxylation sites is 1. The summed E-state index contributed by atoms with van der Waals surface area (Å²) in [6, 6.07) is 19.9. The molecular weight excluding hydrogens is 747 g/mol. The van der Waals surface area contributed by atoms with E-state index in [4.69, 9.17) is 22.4 Å². The van der Waals surface area contributed by atoms with Gasteiger partial charge in [-0.1, -0.05) is 54.1 Å². The molecule has 9 rings (SSSR count). The van der Waals surface area contributed by atoms with Crippen molar-refractivity contribution in [2.75, 3.05) is 0 Å². The molecule has 282 valence electrons. The number of carbonyl (C=O) groups is 2. The lowest BCUT2D eigenvalue weighted by Crippen LogP contribution is -2.35. The van der Waals surface area contributed by atoms with Gasteiger partial charge in [0.25, 0.3) is 17.4 Å². The highest BCUT2D eigenvalue weighted by molar-refractivity contribution is 6.35. The van der Waals surface area contributed by atoms with E-state index in [1.165, 1.54) is 30.9 Å². The number of nitrogens with zero attached hydrogens (tertiary/aromatic N) is 8. The molecule has 0 bridgehead atoms. The fourth-order valence-corrected chi connectivity index (χ4v) is 8.02. The molecule has 1 aliphatic heterocycles. The number of primary amides is 1. The number of hydrogen-bond donors (Lipinski definition) is 1. The Bertz CT molecular complexity index is 2830. The molecule has 12 nitrogen and oxygen atoms in total. The Morgan fingerprint density at radius 1 is 0.964 bits per heavy atom. The Hall–Kier alpha value is -6.35. The molecular formula is C40H31ClF3N9O3. The van der Waals surface area contributed by atoms with Crippen molar-refractivity contribution < 1.29 is 22.8 Å². The Morgan fingerprint density at radius 3 is 2.45 bits per heavy atom. The van der Waals surface area contributed by atoms with Gasteiger partial charge in [-0.25, -0.2) is 14.2 Å². The predicted molar refractivity (Wildman–Crippen MR) is 201 cm³/mol. The summed E-state index contributed by atoms with van der Waals surface area (Å²) in [6.07, 6.45) is 0.0734. The van der Waals surface area contributed by atoms with E-state index in [0.717, 1.165) is 18.9 Å². The third-order valence-electron chi connectivity index (χ3n) is 10.8. The summed E-state index contributed by atoms with van der Waals surface area (Å²) in [5, 5.41) is 14.3. The highest BCUT2D eigenvalue weighted by Crippen LogP contribution is 2.43. The average Bonchev–Trinajstić information content (AvgIpc) is 3.62. The number of amides is 2. The van der Waals surface area contributed by atoms with Crippen LogP contribution in [0.5, 0.6) is 0 Å². The molecule has 1 aliphatic carbocycles. The summed E-state index contributed by atoms with van der Waals surface area (Å²) >= 11 is 6.50. The minimum Gasteiger partial charge on any atom is -0.365 e. The van der Waals surface area contributed by atoms with E-state index in [9.17, 15) is 27.6 Å². The fraction of sp³-hybridized carbons (Fsp3) is 0.225. The molecule has 2 N–H and O–H groups in total. The van der Waals surface area contributed by atoms with E-state index < -0.39 is 29.5 Å². The van der Waals surface area contributed by atoms with Crippen molar-refractivity contribution in [3.63, 3.8) is 0 Å². The maximum Gasteiger partial charge on any atom is 0.417 e. The first-order valence-electron chi connectivity index (χ1n) is 17.9. The number of hydrogen-bond acceptors (Lipinski definition) is 7. The van der Waals surface area contributed by atoms with Crippen molar-refractivity contribution in [1.29, 1.82) is 0 Å². The van der Waals surface area contributed by atoms with Crippen LogP contribution in [0.15, 0.2) is 90.0 Å². The number of nitrogens with two attached hydrogens (primary N) is 1. The second-order valence-corrected chi connectivity index (χ2v) is 14.7. The van der Waals surface area contributed by atoms with Crippen molar-refractivity contribution in [2.24, 2.45) is 11.7 Å². The summed E-state index contributed by atoms with van der Waals surface area (Å²) < 4.78 is 47.4. The molecule has 1 saturated carbocycles. The zero-order valence-corrected chi connectivity index (χ0v) is 30.6. The number of benzene rings is 3. The van der Waals surface area contributed by atoms with E-state index in [-0.39, 0.29) is 69.2 Å². The van der Waals surface area contributed by atoms with Crippen LogP contribution in [0.4, 0.5) is 13.2 Å². The number of pyridine rings is 1. The SMILES string of the molecule is C[C@H](c1nn2ccc(-c3cn(-c4cc5c(c(C(F)(F)F)c4)C(=O)N([C@@H](C)C4CC4)C5)nn3)nc2c1C(N)=O)c1cc2cccc(Cl)c2c(=O)n1-c1ccccc1. The highest BCUT2D eigenvalue weighted by atomic mass is 35.5. The summed E-state index contributed by atoms with van der Waals surface area (Å²) in [5.41, 5.74) is 6.50. The van der Waals surface area contributed by atoms with Crippen LogP contribution in [-0.4, -0.2) is 56.9 Å². The van der Waals surface area contributed by atoms with Gasteiger partial charge in [-0.2, -0.15) is 18.3 Å². The molecule has 16 heteroatoms. The Kier molecular flexibility index (Phi) is 8.12. The van der Waals surface area contributed by atoms with Crippen LogP contribution in [0.3, 0.4) is 0 Å². The van der Waals surface area contributed by atoms with Gasteiger partial charge in [0.15, 0.2) is 5.65 Å². The molecule has 2 aliphatic rings. The molecule has 3 aromatic carbocycles. The number of fused-ring (bicyclic) bond motifs is 3. The minimum absolute atomic E-state index is 0.00748. The van der Waals surface area contributed by atoms with Gasteiger partial charge in [-0.05, 0) is 79.1 Å². The number of halogens is 4. The largest absolute Gasteiger partial charge is 0.417 e. The van der Waals surface area contributed by atoms with E-state index in [0.29, 0.717) is 27.2 Å². The van der Waals surface area contributed by atoms with Crippen molar-refractivity contribution in [3.8, 4) is 22.8 Å². The summed E-state index contributed by atoms with van der Waals surface area (Å²) in [5.74, 6) is -1.82. The van der Waals surface area contributed by atoms with Crippen molar-refractivity contribution in [1.82, 2.24) is 39.1 Å². The average molecular weight is 778 g/mol. The van der Waals surface area contributed by atoms with E-state index in [2.05, 4.69) is 15.3 Å². The molecule has 7 aromatic rings. The molecule has 4 aromatic heterocycles. The summed E-state index contributed by atoms with van der Waals surface area (Å²) in [7, 11) is 0. The monoisotopic (exact) mass is 777 g/mol. The second-order valence-electron chi connectivity index (χ2n) is 14.3. The first kappa shape index (κ1) is 35.4. The normalized spacial score (nSPS) is 15.5. The van der Waals surface area contributed by atoms with Crippen LogP contribution in [0.25, 0.3) is 39.2 Å². The molecule has 0 saturated heterocycles. The van der Waals surface area contributed by atoms with Crippen LogP contribution in [0.1, 0.15) is 75.8 Å². The van der Waals surface area contributed by atoms with Crippen molar-refractivity contribution in [2.45, 2.75) is 51.4 Å². The molecule has 56 heavy (non-hydrogen) atoms. The van der Waals surface area contributed by atoms with E-state index in [1.54, 1.807) is 61.7 Å². The summed E-state index contributed by atoms with van der Waals surface area (Å²) in [4.78, 5) is 46.7. The maximum absolute atomic E-state index is 14.4. The van der Waals surface area contributed by atoms with Gasteiger partial charge < -0.3 is 10.6 Å². The van der Waals surface area contributed by atoms with Gasteiger partial charge in [-0.15, -0.1) is 5.10 Å². The van der Waals surface area contributed by atoms with Gasteiger partial charge in [-0.3, -0.25) is 19.0 Å². The second kappa shape index (κ2) is 12.9. The van der Waals surface area contributed by atoms with Crippen molar-refractivity contribution >= 4 is 39.8 Å². The van der Waals surface area contributed by atoms with Crippen LogP contribution >= 0.6 is 11.6 Å². The van der Waals surface area contributed by atoms with Gasteiger partial charge in [0.2, 0.25) is 0 Å². The number of rotatable bonds is 8. The van der Waals surface area contributed by atoms with Crippen molar-refractivity contribution in [3.05, 3.63) is 134 Å². The third kappa shape index (κ3) is 5.72. The van der Waals surface area contributed by atoms with E-state index >= 15 is 0 Å². The first-order chi connectivity index (χ1) is 26.8. The van der Waals surface area contributed by atoms with Gasteiger partial charge in [0.05, 0.1) is 44.8 Å². The zero-order chi connectivity index (χ0) is 39.2. The smallest absolute Gasteiger partial charge is 0.365 e. The molecule has 2 amide bonds. The van der Waals surface area contributed by atoms with Gasteiger partial charge >= 0.3 is 6.18 Å². The third-order valence-corrected chi connectivity index (χ3v) is 11.1. The van der Waals surface area contributed by atoms with Crippen LogP contribution in [0.2, 0.25) is 5.02 Å². The predicted octanol–water partition coefficient (Wildman–Crippen LogP) is 6.96. The number of alkyl halides is 3. The van der Waals surface area contributed by atoms with Gasteiger partial charge in [0.1, 0.15) is 11.3 Å². The first-order valence-corrected chi connectivity index (χ1v) is 18.2. The Balaban J connectivity index is 1.12. The molecule has 0 spiro atoms. The number of carbonyl (C=O) groups excluding carboxylic acids is 2. The lowest BCUT2D eigenvalue weighted by molar-refractivity contribution is -0.138. The topological polar surface area (TPSA) is 146 Å². The Morgan fingerprint density at radius 2 is 1.73 bits per heavy atom. The highest BCUT2D eigenvalue weighted by Gasteiger charge is 2.45. The lowest BCUT2D eigenvalue weighted by atomic mass is 9.96. The molecule has 2 atom stereocenters. The summed E-state index contributed by atoms with van der Waals surface area (Å²) in [6.45, 7) is 3.74. The molecule has 0 unspecified atom stereocenters. The zero-order valence-electron chi connectivity index (χ0n) is 29.8. The maximum atomic E-state index is 14.4. The molecule has 0 radical (unpaired) electrons.